The van der Waals surface area contributed by atoms with Gasteiger partial charge in [-0.15, -0.1) is 11.3 Å². The van der Waals surface area contributed by atoms with Crippen LogP contribution in [0, 0.1) is 0 Å². The summed E-state index contributed by atoms with van der Waals surface area (Å²) >= 11 is 1.86. The Morgan fingerprint density at radius 1 is 1.40 bits per heavy atom. The molecule has 0 saturated heterocycles. The first-order valence-electron chi connectivity index (χ1n) is 7.07. The third-order valence-electron chi connectivity index (χ3n) is 3.49. The van der Waals surface area contributed by atoms with Crippen molar-refractivity contribution in [3.63, 3.8) is 0 Å². The van der Waals surface area contributed by atoms with Crippen LogP contribution in [0.4, 0.5) is 5.82 Å². The van der Waals surface area contributed by atoms with Gasteiger partial charge in [-0.1, -0.05) is 13.8 Å². The molecule has 4 nitrogen and oxygen atoms in total. The van der Waals surface area contributed by atoms with Crippen molar-refractivity contribution in [3.05, 3.63) is 40.0 Å². The lowest BCUT2D eigenvalue weighted by atomic mass is 10.1. The molecule has 1 aliphatic rings. The van der Waals surface area contributed by atoms with Crippen LogP contribution in [-0.2, 0) is 19.5 Å². The third kappa shape index (κ3) is 2.99. The van der Waals surface area contributed by atoms with Gasteiger partial charge in [0.1, 0.15) is 5.82 Å². The molecule has 0 spiro atoms. The number of hydrogen-bond acceptors (Lipinski definition) is 5. The highest BCUT2D eigenvalue weighted by molar-refractivity contribution is 7.10. The second-order valence-electron chi connectivity index (χ2n) is 5.44. The lowest BCUT2D eigenvalue weighted by molar-refractivity contribution is 0.579. The Kier molecular flexibility index (Phi) is 3.98. The average Bonchev–Trinajstić information content (AvgIpc) is 2.93. The van der Waals surface area contributed by atoms with Gasteiger partial charge >= 0.3 is 0 Å². The third-order valence-corrected chi connectivity index (χ3v) is 4.52. The second kappa shape index (κ2) is 5.89. The molecule has 0 saturated carbocycles. The lowest BCUT2D eigenvalue weighted by Gasteiger charge is -2.28. The molecule has 0 aliphatic carbocycles. The number of nitrogens with one attached hydrogen (secondary N) is 1. The molecule has 3 heterocycles. The number of anilines is 1. The van der Waals surface area contributed by atoms with Gasteiger partial charge in [0, 0.05) is 36.8 Å². The van der Waals surface area contributed by atoms with Crippen LogP contribution in [0.3, 0.4) is 0 Å². The Labute approximate surface area is 123 Å². The maximum Gasteiger partial charge on any atom is 0.147 e. The first-order chi connectivity index (χ1) is 9.72. The molecule has 0 aromatic carbocycles. The maximum atomic E-state index is 4.73. The zero-order valence-corrected chi connectivity index (χ0v) is 12.8. The highest BCUT2D eigenvalue weighted by Crippen LogP contribution is 2.26. The molecule has 1 N–H and O–H groups in total. The summed E-state index contributed by atoms with van der Waals surface area (Å²) in [5, 5.41) is 5.57. The van der Waals surface area contributed by atoms with E-state index >= 15 is 0 Å². The maximum absolute atomic E-state index is 4.73. The Morgan fingerprint density at radius 3 is 3.15 bits per heavy atom. The molecule has 0 radical (unpaired) electrons. The van der Waals surface area contributed by atoms with Crippen LogP contribution in [-0.4, -0.2) is 22.6 Å². The summed E-state index contributed by atoms with van der Waals surface area (Å²) in [7, 11) is 0. The minimum Gasteiger partial charge on any atom is -0.351 e. The highest BCUT2D eigenvalue weighted by Gasteiger charge is 2.18. The lowest BCUT2D eigenvalue weighted by Crippen LogP contribution is -2.30. The molecule has 5 heteroatoms. The van der Waals surface area contributed by atoms with Gasteiger partial charge in [0.05, 0.1) is 11.9 Å². The minimum absolute atomic E-state index is 0.462. The predicted molar refractivity (Wildman–Crippen MR) is 83.1 cm³/mol. The van der Waals surface area contributed by atoms with Crippen molar-refractivity contribution in [3.8, 4) is 0 Å². The van der Waals surface area contributed by atoms with Crippen LogP contribution in [0.25, 0.3) is 0 Å². The van der Waals surface area contributed by atoms with Crippen molar-refractivity contribution in [2.45, 2.75) is 39.4 Å². The quantitative estimate of drug-likeness (QED) is 0.939. The van der Waals surface area contributed by atoms with Crippen LogP contribution in [0.1, 0.15) is 30.0 Å². The Bertz CT molecular complexity index is 579. The molecule has 0 fully saturated rings. The van der Waals surface area contributed by atoms with Gasteiger partial charge in [0.15, 0.2) is 0 Å². The zero-order chi connectivity index (χ0) is 13.9. The molecular weight excluding hydrogens is 268 g/mol. The summed E-state index contributed by atoms with van der Waals surface area (Å²) in [5.74, 6) is 0.991. The van der Waals surface area contributed by atoms with Crippen molar-refractivity contribution in [2.75, 3.05) is 11.4 Å². The molecule has 1 aliphatic heterocycles. The molecule has 106 valence electrons. The normalized spacial score (nSPS) is 14.7. The van der Waals surface area contributed by atoms with E-state index < -0.39 is 0 Å². The van der Waals surface area contributed by atoms with Crippen LogP contribution in [0.5, 0.6) is 0 Å². The molecular formula is C15H20N4S. The van der Waals surface area contributed by atoms with E-state index in [2.05, 4.69) is 40.5 Å². The summed E-state index contributed by atoms with van der Waals surface area (Å²) in [6.07, 6.45) is 4.83. The van der Waals surface area contributed by atoms with E-state index in [1.807, 2.05) is 23.7 Å². The number of aromatic nitrogens is 2. The highest BCUT2D eigenvalue weighted by atomic mass is 32.1. The van der Waals surface area contributed by atoms with Crippen LogP contribution >= 0.6 is 11.3 Å². The number of nitrogens with zero attached hydrogens (tertiary/aromatic N) is 3. The minimum atomic E-state index is 0.462. The molecule has 3 rings (SSSR count). The van der Waals surface area contributed by atoms with Gasteiger partial charge in [-0.2, -0.15) is 0 Å². The standard InChI is InChI=1S/C15H20N4S/c1-11(2)17-8-13-7-16-9-15(18-13)19-5-3-14-12(10-19)4-6-20-14/h4,6-7,9,11,17H,3,5,8,10H2,1-2H3. The Hall–Kier alpha value is -1.46. The van der Waals surface area contributed by atoms with Gasteiger partial charge in [-0.25, -0.2) is 4.98 Å². The first kappa shape index (κ1) is 13.5. The zero-order valence-electron chi connectivity index (χ0n) is 12.0. The van der Waals surface area contributed by atoms with E-state index in [4.69, 9.17) is 4.98 Å². The topological polar surface area (TPSA) is 41.1 Å². The van der Waals surface area contributed by atoms with E-state index in [0.717, 1.165) is 37.6 Å². The SMILES string of the molecule is CC(C)NCc1cncc(N2CCc3sccc3C2)n1. The van der Waals surface area contributed by atoms with Gasteiger partial charge in [-0.05, 0) is 23.4 Å². The number of fused-ring (bicyclic) bond motifs is 1. The van der Waals surface area contributed by atoms with Crippen molar-refractivity contribution in [1.29, 1.82) is 0 Å². The smallest absolute Gasteiger partial charge is 0.147 e. The molecule has 20 heavy (non-hydrogen) atoms. The van der Waals surface area contributed by atoms with Crippen molar-refractivity contribution in [1.82, 2.24) is 15.3 Å². The fourth-order valence-corrected chi connectivity index (χ4v) is 3.27. The van der Waals surface area contributed by atoms with Crippen LogP contribution < -0.4 is 10.2 Å². The summed E-state index contributed by atoms with van der Waals surface area (Å²) in [4.78, 5) is 12.9. The fourth-order valence-electron chi connectivity index (χ4n) is 2.39. The summed E-state index contributed by atoms with van der Waals surface area (Å²) in [6.45, 7) is 7.04. The molecule has 0 bridgehead atoms. The number of rotatable bonds is 4. The van der Waals surface area contributed by atoms with Crippen LogP contribution in [0.15, 0.2) is 23.8 Å². The van der Waals surface area contributed by atoms with Crippen molar-refractivity contribution >= 4 is 17.2 Å². The van der Waals surface area contributed by atoms with Gasteiger partial charge in [-0.3, -0.25) is 4.98 Å². The molecule has 0 unspecified atom stereocenters. The number of hydrogen-bond donors (Lipinski definition) is 1. The monoisotopic (exact) mass is 288 g/mol. The van der Waals surface area contributed by atoms with Gasteiger partial charge in [0.2, 0.25) is 0 Å². The van der Waals surface area contributed by atoms with E-state index in [9.17, 15) is 0 Å². The molecule has 0 amide bonds. The van der Waals surface area contributed by atoms with Crippen LogP contribution in [0.2, 0.25) is 0 Å². The number of thiophene rings is 1. The first-order valence-corrected chi connectivity index (χ1v) is 7.95. The van der Waals surface area contributed by atoms with Crippen molar-refractivity contribution in [2.24, 2.45) is 0 Å². The average molecular weight is 288 g/mol. The molecule has 0 atom stereocenters. The Morgan fingerprint density at radius 2 is 2.30 bits per heavy atom. The second-order valence-corrected chi connectivity index (χ2v) is 6.45. The van der Waals surface area contributed by atoms with E-state index in [0.29, 0.717) is 6.04 Å². The van der Waals surface area contributed by atoms with E-state index in [-0.39, 0.29) is 0 Å². The van der Waals surface area contributed by atoms with E-state index in [1.54, 1.807) is 0 Å². The summed E-state index contributed by atoms with van der Waals surface area (Å²) < 4.78 is 0. The van der Waals surface area contributed by atoms with Gasteiger partial charge in [0.25, 0.3) is 0 Å². The van der Waals surface area contributed by atoms with E-state index in [1.165, 1.54) is 10.4 Å². The van der Waals surface area contributed by atoms with Crippen molar-refractivity contribution < 1.29 is 0 Å². The summed E-state index contributed by atoms with van der Waals surface area (Å²) in [5.41, 5.74) is 2.45. The largest absolute Gasteiger partial charge is 0.351 e. The summed E-state index contributed by atoms with van der Waals surface area (Å²) in [6, 6.07) is 2.69. The molecule has 2 aromatic heterocycles. The fraction of sp³-hybridized carbons (Fsp3) is 0.467. The Balaban J connectivity index is 1.73. The van der Waals surface area contributed by atoms with Gasteiger partial charge < -0.3 is 10.2 Å². The molecule has 2 aromatic rings. The predicted octanol–water partition coefficient (Wildman–Crippen LogP) is 2.60.